The van der Waals surface area contributed by atoms with E-state index < -0.39 is 156 Å². The van der Waals surface area contributed by atoms with Crippen LogP contribution in [0.2, 0.25) is 0 Å². The molecule has 4 aliphatic heterocycles. The first kappa shape index (κ1) is 76.5. The number of methoxy groups -OCH3 is 2. The SMILES string of the molecule is CON=C1C[C@@H](C)O[C@@H](O[C@@H]2[C@@H](C)[C@H](O[C@H]3CC(C)N(CCc4ccccc4)C[C@H](C)O3)[C@@H](C)C(=O)O[C@H](C(C)CO[C@@H]3O[C@H](C)[C@@H](O)[C@@H](OC)[C@H]3OC)[C@H](C)[C@@H](OC(=O)CC(C)C)[C@@H](C)C(=O)[C@@](C)(OC(=O)NC(C)(C)CNC(=O)c3cnc(O)cn3)C[C@@H]2C)[C@@H]1O. The zero-order valence-corrected chi connectivity index (χ0v) is 57.7. The fraction of sp³-hybridized carbons (Fsp3) is 0.761. The number of alkyl carbamates (subject to hydrolysis) is 1. The molecule has 1 aromatic carbocycles. The van der Waals surface area contributed by atoms with Crippen LogP contribution in [0.15, 0.2) is 47.9 Å². The molecule has 4 aliphatic rings. The maximum absolute atomic E-state index is 16.2. The van der Waals surface area contributed by atoms with E-state index in [1.54, 1.807) is 62.3 Å². The molecule has 2 amide bonds. The number of esters is 2. The van der Waals surface area contributed by atoms with Crippen molar-refractivity contribution >= 4 is 35.4 Å². The molecule has 4 saturated heterocycles. The van der Waals surface area contributed by atoms with Crippen LogP contribution in [0.1, 0.15) is 146 Å². The minimum atomic E-state index is -2.12. The Hall–Kier alpha value is -5.52. The Morgan fingerprint density at radius 3 is 2.15 bits per heavy atom. The van der Waals surface area contributed by atoms with Crippen molar-refractivity contribution in [2.75, 3.05) is 47.6 Å². The summed E-state index contributed by atoms with van der Waals surface area (Å²) in [6.45, 7) is 27.3. The smallest absolute Gasteiger partial charge is 0.408 e. The number of nitrogens with one attached hydrogen (secondary N) is 2. The van der Waals surface area contributed by atoms with Crippen LogP contribution in [0.3, 0.4) is 0 Å². The van der Waals surface area contributed by atoms with Gasteiger partial charge < -0.3 is 82.9 Å². The van der Waals surface area contributed by atoms with E-state index in [-0.39, 0.29) is 67.8 Å². The number of benzene rings is 1. The summed E-state index contributed by atoms with van der Waals surface area (Å²) < 4.78 is 71.3. The molecule has 1 aromatic heterocycles. The number of Topliss-reactive ketones (excluding diaryl/α,β-unsaturated/α-hetero) is 1. The predicted octanol–water partition coefficient (Wildman–Crippen LogP) is 6.32. The van der Waals surface area contributed by atoms with Crippen molar-refractivity contribution in [1.82, 2.24) is 25.5 Å². The van der Waals surface area contributed by atoms with Crippen LogP contribution in [0.25, 0.3) is 0 Å². The van der Waals surface area contributed by atoms with Crippen LogP contribution in [0.4, 0.5) is 4.79 Å². The summed E-state index contributed by atoms with van der Waals surface area (Å²) in [5.41, 5.74) is -2.02. The van der Waals surface area contributed by atoms with Crippen LogP contribution >= 0.6 is 0 Å². The van der Waals surface area contributed by atoms with Gasteiger partial charge in [-0.15, -0.1) is 0 Å². The van der Waals surface area contributed by atoms with Crippen molar-refractivity contribution in [2.24, 2.45) is 46.6 Å². The number of cyclic esters (lactones) is 1. The van der Waals surface area contributed by atoms with E-state index in [4.69, 9.17) is 56.9 Å². The normalized spacial score (nSPS) is 35.4. The topological polar surface area (TPSA) is 322 Å². The Morgan fingerprint density at radius 1 is 0.828 bits per heavy atom. The van der Waals surface area contributed by atoms with Crippen LogP contribution in [0, 0.1) is 41.4 Å². The van der Waals surface area contributed by atoms with Gasteiger partial charge >= 0.3 is 18.0 Å². The molecule has 0 spiro atoms. The lowest BCUT2D eigenvalue weighted by molar-refractivity contribution is -0.305. The van der Waals surface area contributed by atoms with Gasteiger partial charge in [0.25, 0.3) is 5.91 Å². The second-order valence-electron chi connectivity index (χ2n) is 27.4. The molecule has 22 atom stereocenters. The van der Waals surface area contributed by atoms with E-state index in [0.29, 0.717) is 13.0 Å². The Kier molecular flexibility index (Phi) is 28.3. The number of aliphatic hydroxyl groups is 2. The third kappa shape index (κ3) is 20.7. The molecule has 93 heavy (non-hydrogen) atoms. The molecule has 0 radical (unpaired) electrons. The molecular formula is C67H106N6O20. The van der Waals surface area contributed by atoms with E-state index in [1.807, 2.05) is 45.9 Å². The van der Waals surface area contributed by atoms with Gasteiger partial charge in [0.2, 0.25) is 5.88 Å². The molecule has 5 N–H and O–H groups in total. The van der Waals surface area contributed by atoms with Gasteiger partial charge in [-0.2, -0.15) is 0 Å². The molecule has 0 aliphatic carbocycles. The Labute approximate surface area is 548 Å². The minimum Gasteiger partial charge on any atom is -0.492 e. The second-order valence-corrected chi connectivity index (χ2v) is 27.4. The number of carbonyl (C=O) groups is 5. The number of aromatic nitrogens is 2. The highest BCUT2D eigenvalue weighted by atomic mass is 16.7. The van der Waals surface area contributed by atoms with Crippen molar-refractivity contribution in [3.05, 3.63) is 54.0 Å². The van der Waals surface area contributed by atoms with Crippen LogP contribution in [-0.2, 0) is 77.7 Å². The molecule has 524 valence electrons. The predicted molar refractivity (Wildman–Crippen MR) is 339 cm³/mol. The van der Waals surface area contributed by atoms with Crippen LogP contribution in [0.5, 0.6) is 5.88 Å². The van der Waals surface area contributed by atoms with E-state index in [2.05, 4.69) is 49.7 Å². The van der Waals surface area contributed by atoms with E-state index in [1.165, 1.54) is 33.8 Å². The van der Waals surface area contributed by atoms with Crippen molar-refractivity contribution in [3.8, 4) is 5.88 Å². The van der Waals surface area contributed by atoms with Gasteiger partial charge in [0.1, 0.15) is 49.4 Å². The number of rotatable bonds is 22. The number of aromatic hydroxyl groups is 1. The van der Waals surface area contributed by atoms with Gasteiger partial charge in [-0.3, -0.25) is 24.1 Å². The van der Waals surface area contributed by atoms with Gasteiger partial charge in [0.15, 0.2) is 30.3 Å². The summed E-state index contributed by atoms with van der Waals surface area (Å²) >= 11 is 0. The maximum atomic E-state index is 16.2. The highest BCUT2D eigenvalue weighted by Crippen LogP contribution is 2.41. The molecule has 0 bridgehead atoms. The van der Waals surface area contributed by atoms with Crippen molar-refractivity contribution < 1.29 is 96.2 Å². The van der Waals surface area contributed by atoms with Gasteiger partial charge in [-0.25, -0.2) is 14.8 Å². The lowest BCUT2D eigenvalue weighted by atomic mass is 9.74. The number of hydrogen-bond donors (Lipinski definition) is 5. The lowest BCUT2D eigenvalue weighted by Gasteiger charge is -2.45. The zero-order valence-electron chi connectivity index (χ0n) is 57.7. The number of carbonyl (C=O) groups excluding carboxylic acids is 5. The molecule has 5 heterocycles. The van der Waals surface area contributed by atoms with Crippen molar-refractivity contribution in [3.63, 3.8) is 0 Å². The Morgan fingerprint density at radius 2 is 1.52 bits per heavy atom. The second kappa shape index (κ2) is 34.4. The number of oxime groups is 1. The molecule has 26 heteroatoms. The molecule has 0 saturated carbocycles. The third-order valence-corrected chi connectivity index (χ3v) is 18.3. The van der Waals surface area contributed by atoms with Crippen molar-refractivity contribution in [1.29, 1.82) is 0 Å². The number of aliphatic hydroxyl groups excluding tert-OH is 2. The van der Waals surface area contributed by atoms with Gasteiger partial charge in [0, 0.05) is 76.9 Å². The zero-order chi connectivity index (χ0) is 68.8. The van der Waals surface area contributed by atoms with Gasteiger partial charge in [-0.1, -0.05) is 84.0 Å². The Bertz CT molecular complexity index is 2750. The summed E-state index contributed by atoms with van der Waals surface area (Å²) in [6.07, 6.45) is -12.0. The number of hydrogen-bond acceptors (Lipinski definition) is 24. The van der Waals surface area contributed by atoms with Crippen LogP contribution in [-0.4, -0.2) is 216 Å². The maximum Gasteiger partial charge on any atom is 0.408 e. The van der Waals surface area contributed by atoms with E-state index in [9.17, 15) is 29.7 Å². The first-order chi connectivity index (χ1) is 43.8. The van der Waals surface area contributed by atoms with Gasteiger partial charge in [0.05, 0.1) is 72.6 Å². The number of ketones is 1. The third-order valence-electron chi connectivity index (χ3n) is 18.3. The molecule has 2 unspecified atom stereocenters. The fourth-order valence-corrected chi connectivity index (χ4v) is 13.3. The van der Waals surface area contributed by atoms with Crippen LogP contribution < -0.4 is 10.6 Å². The monoisotopic (exact) mass is 1310 g/mol. The Balaban J connectivity index is 1.49. The molecular weight excluding hydrogens is 1210 g/mol. The number of nitrogens with zero attached hydrogens (tertiary/aromatic N) is 4. The molecule has 26 nitrogen and oxygen atoms in total. The summed E-state index contributed by atoms with van der Waals surface area (Å²) in [5.74, 6) is -9.19. The standard InChI is InChI=1S/C67H106N6O20/c1-35(2)26-50(75)89-56-42(9)55(37(4)33-85-64-59(83-17)58(82-16)52(76)45(12)88-64)91-62(80)44(11)57(90-51-27-38(5)73(32-40(7)86-51)25-24-46-22-20-19-21-23-46)41(8)54(92-63-53(77)47(72-84-18)28-39(6)87-63)36(3)29-67(15,60(78)43(56)10)93-65(81)71-66(13,14)34-70-61(79)48-30-69-49(74)31-68-48/h19-23,30-31,35-45,51-59,63-64,76-77H,24-29,32-34H2,1-18H3,(H,69,74)(H,70,79)(H,71,81)/t36-,37?,38?,39+,40-,41+,42-,43+,44+,45+,51-,52+,53+,54-,55+,56+,57-,58+,59+,63-,64+,67-/m0/s1. The average molecular weight is 1320 g/mol. The highest BCUT2D eigenvalue weighted by Gasteiger charge is 2.53. The number of amides is 2. The quantitative estimate of drug-likeness (QED) is 0.0489. The fourth-order valence-electron chi connectivity index (χ4n) is 13.3. The largest absolute Gasteiger partial charge is 0.492 e. The van der Waals surface area contributed by atoms with Gasteiger partial charge in [-0.05, 0) is 85.6 Å². The highest BCUT2D eigenvalue weighted by molar-refractivity contribution is 5.93. The summed E-state index contributed by atoms with van der Waals surface area (Å²) in [4.78, 5) is 89.2. The minimum absolute atomic E-state index is 0.0454. The first-order valence-corrected chi connectivity index (χ1v) is 32.7. The average Bonchev–Trinajstić information content (AvgIpc) is 0.960. The van der Waals surface area contributed by atoms with E-state index in [0.717, 1.165) is 25.4 Å². The summed E-state index contributed by atoms with van der Waals surface area (Å²) in [6, 6.07) is 10.1. The number of ether oxygens (including phenoxy) is 11. The molecule has 4 fully saturated rings. The molecule has 6 rings (SSSR count). The van der Waals surface area contributed by atoms with Crippen molar-refractivity contribution in [2.45, 2.75) is 239 Å². The summed E-state index contributed by atoms with van der Waals surface area (Å²) in [5, 5.41) is 42.3. The first-order valence-electron chi connectivity index (χ1n) is 32.7. The molecule has 2 aromatic rings. The lowest BCUT2D eigenvalue weighted by Crippen LogP contribution is -2.59. The van der Waals surface area contributed by atoms with E-state index >= 15 is 9.59 Å². The summed E-state index contributed by atoms with van der Waals surface area (Å²) in [7, 11) is 4.25.